The Kier molecular flexibility index (Phi) is 4.29. The number of halogens is 2. The maximum absolute atomic E-state index is 13.3. The Morgan fingerprint density at radius 3 is 2.60 bits per heavy atom. The van der Waals surface area contributed by atoms with E-state index < -0.39 is 0 Å². The lowest BCUT2D eigenvalue weighted by Gasteiger charge is -2.18. The van der Waals surface area contributed by atoms with E-state index in [4.69, 9.17) is 0 Å². The van der Waals surface area contributed by atoms with Gasteiger partial charge in [0.2, 0.25) is 0 Å². The molecule has 0 amide bonds. The molecular formula is C12H17BrFN. The van der Waals surface area contributed by atoms with Gasteiger partial charge in [-0.2, -0.15) is 0 Å². The van der Waals surface area contributed by atoms with Gasteiger partial charge in [-0.1, -0.05) is 36.7 Å². The minimum absolute atomic E-state index is 0.153. The fourth-order valence-corrected chi connectivity index (χ4v) is 1.66. The average Bonchev–Trinajstić information content (AvgIpc) is 2.09. The highest BCUT2D eigenvalue weighted by molar-refractivity contribution is 9.10. The number of hydrogen-bond donors (Lipinski definition) is 1. The zero-order valence-electron chi connectivity index (χ0n) is 9.40. The summed E-state index contributed by atoms with van der Waals surface area (Å²) < 4.78 is 14.2. The zero-order valence-corrected chi connectivity index (χ0v) is 11.0. The van der Waals surface area contributed by atoms with Gasteiger partial charge in [0.25, 0.3) is 0 Å². The van der Waals surface area contributed by atoms with Crippen LogP contribution in [0.5, 0.6) is 0 Å². The van der Waals surface area contributed by atoms with Crippen molar-refractivity contribution in [2.45, 2.75) is 27.3 Å². The van der Waals surface area contributed by atoms with Crippen LogP contribution in [0.2, 0.25) is 0 Å². The Balaban J connectivity index is 2.54. The van der Waals surface area contributed by atoms with Crippen molar-refractivity contribution in [3.05, 3.63) is 34.1 Å². The molecule has 1 N–H and O–H groups in total. The summed E-state index contributed by atoms with van der Waals surface area (Å²) in [7, 11) is 0. The Labute approximate surface area is 99.2 Å². The van der Waals surface area contributed by atoms with Crippen molar-refractivity contribution in [2.75, 3.05) is 6.54 Å². The molecule has 0 spiro atoms. The van der Waals surface area contributed by atoms with Crippen LogP contribution >= 0.6 is 15.9 Å². The molecule has 1 nitrogen and oxygen atoms in total. The van der Waals surface area contributed by atoms with Gasteiger partial charge < -0.3 is 5.32 Å². The van der Waals surface area contributed by atoms with Crippen molar-refractivity contribution >= 4 is 15.9 Å². The first-order valence-corrected chi connectivity index (χ1v) is 5.82. The van der Waals surface area contributed by atoms with Gasteiger partial charge in [0.05, 0.1) is 0 Å². The zero-order chi connectivity index (χ0) is 11.5. The highest BCUT2D eigenvalue weighted by Gasteiger charge is 2.09. The third kappa shape index (κ3) is 4.76. The first-order valence-electron chi connectivity index (χ1n) is 5.03. The van der Waals surface area contributed by atoms with E-state index in [1.54, 1.807) is 6.07 Å². The van der Waals surface area contributed by atoms with Gasteiger partial charge in [-0.15, -0.1) is 0 Å². The third-order valence-corrected chi connectivity index (χ3v) is 2.47. The molecule has 0 heterocycles. The maximum atomic E-state index is 13.3. The predicted octanol–water partition coefficient (Wildman–Crippen LogP) is 3.72. The van der Waals surface area contributed by atoms with E-state index in [1.165, 1.54) is 6.07 Å². The van der Waals surface area contributed by atoms with Gasteiger partial charge in [-0.3, -0.25) is 0 Å². The van der Waals surface area contributed by atoms with Crippen molar-refractivity contribution in [3.63, 3.8) is 0 Å². The largest absolute Gasteiger partial charge is 0.312 e. The Bertz CT molecular complexity index is 331. The van der Waals surface area contributed by atoms with Gasteiger partial charge in [0.15, 0.2) is 0 Å². The number of nitrogens with one attached hydrogen (secondary N) is 1. The molecule has 0 aliphatic carbocycles. The predicted molar refractivity (Wildman–Crippen MR) is 65.3 cm³/mol. The van der Waals surface area contributed by atoms with Gasteiger partial charge in [0, 0.05) is 23.1 Å². The van der Waals surface area contributed by atoms with E-state index in [0.717, 1.165) is 11.0 Å². The highest BCUT2D eigenvalue weighted by Crippen LogP contribution is 2.16. The third-order valence-electron chi connectivity index (χ3n) is 1.98. The van der Waals surface area contributed by atoms with Gasteiger partial charge in [-0.25, -0.2) is 4.39 Å². The normalized spacial score (nSPS) is 11.8. The van der Waals surface area contributed by atoms with Crippen molar-refractivity contribution in [3.8, 4) is 0 Å². The Morgan fingerprint density at radius 1 is 1.33 bits per heavy atom. The van der Waals surface area contributed by atoms with Crippen LogP contribution in [-0.4, -0.2) is 6.54 Å². The standard InChI is InChI=1S/C12H17BrFN/c1-12(2,3)8-15-7-9-6-10(13)4-5-11(9)14/h4-6,15H,7-8H2,1-3H3. The fourth-order valence-electron chi connectivity index (χ4n) is 1.25. The van der Waals surface area contributed by atoms with Crippen LogP contribution in [0.1, 0.15) is 26.3 Å². The second-order valence-corrected chi connectivity index (χ2v) is 5.82. The summed E-state index contributed by atoms with van der Waals surface area (Å²) >= 11 is 3.33. The lowest BCUT2D eigenvalue weighted by Crippen LogP contribution is -2.26. The highest BCUT2D eigenvalue weighted by atomic mass is 79.9. The second kappa shape index (κ2) is 5.08. The van der Waals surface area contributed by atoms with Crippen LogP contribution in [-0.2, 0) is 6.54 Å². The van der Waals surface area contributed by atoms with Crippen LogP contribution < -0.4 is 5.32 Å². The number of rotatable bonds is 3. The quantitative estimate of drug-likeness (QED) is 0.885. The van der Waals surface area contributed by atoms with Crippen LogP contribution in [0.15, 0.2) is 22.7 Å². The molecule has 3 heteroatoms. The summed E-state index contributed by atoms with van der Waals surface area (Å²) in [5.41, 5.74) is 0.927. The van der Waals surface area contributed by atoms with Crippen molar-refractivity contribution in [1.29, 1.82) is 0 Å². The topological polar surface area (TPSA) is 12.0 Å². The van der Waals surface area contributed by atoms with Gasteiger partial charge in [0.1, 0.15) is 5.82 Å². The minimum atomic E-state index is -0.153. The molecule has 0 radical (unpaired) electrons. The molecular weight excluding hydrogens is 257 g/mol. The van der Waals surface area contributed by atoms with E-state index in [2.05, 4.69) is 42.0 Å². The molecule has 0 saturated heterocycles. The summed E-state index contributed by atoms with van der Waals surface area (Å²) in [6, 6.07) is 5.01. The monoisotopic (exact) mass is 273 g/mol. The molecule has 0 aliphatic heterocycles. The molecule has 0 atom stereocenters. The molecule has 1 aromatic carbocycles. The molecule has 0 fully saturated rings. The lowest BCUT2D eigenvalue weighted by molar-refractivity contribution is 0.377. The van der Waals surface area contributed by atoms with Gasteiger partial charge in [-0.05, 0) is 23.6 Å². The van der Waals surface area contributed by atoms with Crippen LogP contribution in [0.4, 0.5) is 4.39 Å². The molecule has 84 valence electrons. The van der Waals surface area contributed by atoms with Crippen LogP contribution in [0, 0.1) is 11.2 Å². The minimum Gasteiger partial charge on any atom is -0.312 e. The van der Waals surface area contributed by atoms with Gasteiger partial charge >= 0.3 is 0 Å². The van der Waals surface area contributed by atoms with Crippen molar-refractivity contribution in [1.82, 2.24) is 5.32 Å². The smallest absolute Gasteiger partial charge is 0.127 e. The summed E-state index contributed by atoms with van der Waals surface area (Å²) in [4.78, 5) is 0. The number of benzene rings is 1. The van der Waals surface area contributed by atoms with E-state index in [9.17, 15) is 4.39 Å². The summed E-state index contributed by atoms with van der Waals surface area (Å²) in [6.07, 6.45) is 0. The van der Waals surface area contributed by atoms with Crippen molar-refractivity contribution in [2.24, 2.45) is 5.41 Å². The summed E-state index contributed by atoms with van der Waals surface area (Å²) in [5.74, 6) is -0.153. The second-order valence-electron chi connectivity index (χ2n) is 4.90. The molecule has 1 aromatic rings. The van der Waals surface area contributed by atoms with E-state index in [1.807, 2.05) is 6.07 Å². The van der Waals surface area contributed by atoms with Crippen molar-refractivity contribution < 1.29 is 4.39 Å². The molecule has 0 unspecified atom stereocenters. The Morgan fingerprint density at radius 2 is 2.00 bits per heavy atom. The molecule has 0 aliphatic rings. The molecule has 15 heavy (non-hydrogen) atoms. The van der Waals surface area contributed by atoms with E-state index in [0.29, 0.717) is 12.1 Å². The first kappa shape index (κ1) is 12.7. The average molecular weight is 274 g/mol. The Hall–Kier alpha value is -0.410. The van der Waals surface area contributed by atoms with E-state index in [-0.39, 0.29) is 11.2 Å². The lowest BCUT2D eigenvalue weighted by atomic mass is 9.97. The molecule has 0 aromatic heterocycles. The number of hydrogen-bond acceptors (Lipinski definition) is 1. The van der Waals surface area contributed by atoms with Crippen LogP contribution in [0.3, 0.4) is 0 Å². The SMILES string of the molecule is CC(C)(C)CNCc1cc(Br)ccc1F. The molecule has 0 bridgehead atoms. The molecule has 1 rings (SSSR count). The molecule has 0 saturated carbocycles. The fraction of sp³-hybridized carbons (Fsp3) is 0.500. The summed E-state index contributed by atoms with van der Waals surface area (Å²) in [6.45, 7) is 7.90. The first-order chi connectivity index (χ1) is 6.88. The van der Waals surface area contributed by atoms with E-state index >= 15 is 0 Å². The van der Waals surface area contributed by atoms with Crippen LogP contribution in [0.25, 0.3) is 0 Å². The maximum Gasteiger partial charge on any atom is 0.127 e. The summed E-state index contributed by atoms with van der Waals surface area (Å²) in [5, 5.41) is 3.25.